The van der Waals surface area contributed by atoms with Gasteiger partial charge >= 0.3 is 0 Å². The van der Waals surface area contributed by atoms with Crippen molar-refractivity contribution in [3.05, 3.63) is 23.6 Å². The molecular formula is C14H16O5S. The molecule has 1 N–H and O–H groups in total. The maximum Gasteiger partial charge on any atom is 0.203 e. The maximum atomic E-state index is 8.91. The summed E-state index contributed by atoms with van der Waals surface area (Å²) in [5, 5.41) is 10.8. The van der Waals surface area contributed by atoms with Gasteiger partial charge in [0, 0.05) is 5.56 Å². The molecule has 1 heterocycles. The van der Waals surface area contributed by atoms with Crippen LogP contribution < -0.4 is 18.9 Å². The van der Waals surface area contributed by atoms with Crippen molar-refractivity contribution < 1.29 is 24.1 Å². The third-order valence-electron chi connectivity index (χ3n) is 2.78. The van der Waals surface area contributed by atoms with E-state index < -0.39 is 0 Å². The van der Waals surface area contributed by atoms with Crippen LogP contribution in [0.15, 0.2) is 23.6 Å². The molecule has 20 heavy (non-hydrogen) atoms. The van der Waals surface area contributed by atoms with Gasteiger partial charge in [-0.25, -0.2) is 0 Å². The van der Waals surface area contributed by atoms with Crippen LogP contribution in [-0.4, -0.2) is 33.2 Å². The third-order valence-corrected chi connectivity index (χ3v) is 3.72. The Morgan fingerprint density at radius 3 is 2.15 bits per heavy atom. The predicted molar refractivity (Wildman–Crippen MR) is 77.1 cm³/mol. The standard InChI is InChI=1S/C14H16O5S/c1-16-11-6-9(7-12(17-2)13(11)18-3)14-10(19-8-15)4-5-20-14/h4-7,15H,8H2,1-3H3. The van der Waals surface area contributed by atoms with Crippen molar-refractivity contribution in [1.29, 1.82) is 0 Å². The Morgan fingerprint density at radius 1 is 1.00 bits per heavy atom. The van der Waals surface area contributed by atoms with Gasteiger partial charge < -0.3 is 24.1 Å². The molecule has 1 aromatic heterocycles. The minimum Gasteiger partial charge on any atom is -0.493 e. The molecule has 1 aromatic carbocycles. The van der Waals surface area contributed by atoms with Crippen molar-refractivity contribution in [3.8, 4) is 33.4 Å². The lowest BCUT2D eigenvalue weighted by Crippen LogP contribution is -1.97. The Labute approximate surface area is 121 Å². The van der Waals surface area contributed by atoms with Crippen molar-refractivity contribution in [2.75, 3.05) is 28.1 Å². The van der Waals surface area contributed by atoms with E-state index in [1.165, 1.54) is 11.3 Å². The third kappa shape index (κ3) is 2.66. The first-order valence-electron chi connectivity index (χ1n) is 5.86. The predicted octanol–water partition coefficient (Wildman–Crippen LogP) is 2.77. The Kier molecular flexibility index (Phi) is 4.70. The molecule has 2 rings (SSSR count). The van der Waals surface area contributed by atoms with Gasteiger partial charge in [0.05, 0.1) is 26.2 Å². The van der Waals surface area contributed by atoms with Gasteiger partial charge in [0.2, 0.25) is 5.75 Å². The van der Waals surface area contributed by atoms with Crippen LogP contribution in [0.3, 0.4) is 0 Å². The largest absolute Gasteiger partial charge is 0.493 e. The first kappa shape index (κ1) is 14.5. The smallest absolute Gasteiger partial charge is 0.203 e. The SMILES string of the molecule is COc1cc(-c2sccc2OCO)cc(OC)c1OC. The highest BCUT2D eigenvalue weighted by Gasteiger charge is 2.17. The first-order chi connectivity index (χ1) is 9.74. The molecule has 5 nitrogen and oxygen atoms in total. The number of aliphatic hydroxyl groups is 1. The first-order valence-corrected chi connectivity index (χ1v) is 6.74. The second-order valence-electron chi connectivity index (χ2n) is 3.80. The van der Waals surface area contributed by atoms with Crippen LogP contribution in [0.25, 0.3) is 10.4 Å². The van der Waals surface area contributed by atoms with Crippen molar-refractivity contribution >= 4 is 11.3 Å². The summed E-state index contributed by atoms with van der Waals surface area (Å²) in [5.74, 6) is 2.31. The molecule has 0 radical (unpaired) electrons. The fraction of sp³-hybridized carbons (Fsp3) is 0.286. The average Bonchev–Trinajstić information content (AvgIpc) is 2.94. The van der Waals surface area contributed by atoms with E-state index in [2.05, 4.69) is 0 Å². The van der Waals surface area contributed by atoms with Crippen LogP contribution in [0.1, 0.15) is 0 Å². The van der Waals surface area contributed by atoms with Gasteiger partial charge in [-0.15, -0.1) is 11.3 Å². The number of benzene rings is 1. The second-order valence-corrected chi connectivity index (χ2v) is 4.72. The van der Waals surface area contributed by atoms with E-state index in [4.69, 9.17) is 24.1 Å². The van der Waals surface area contributed by atoms with Gasteiger partial charge in [-0.05, 0) is 23.6 Å². The minimum atomic E-state index is -0.367. The van der Waals surface area contributed by atoms with Gasteiger partial charge in [0.1, 0.15) is 5.75 Å². The number of thiophene rings is 1. The molecule has 0 spiro atoms. The van der Waals surface area contributed by atoms with Crippen LogP contribution in [0.4, 0.5) is 0 Å². The van der Waals surface area contributed by atoms with E-state index >= 15 is 0 Å². The molecule has 6 heteroatoms. The van der Waals surface area contributed by atoms with E-state index in [0.29, 0.717) is 23.0 Å². The lowest BCUT2D eigenvalue weighted by atomic mass is 10.1. The summed E-state index contributed by atoms with van der Waals surface area (Å²) < 4.78 is 21.1. The van der Waals surface area contributed by atoms with E-state index in [1.807, 2.05) is 17.5 Å². The number of aliphatic hydroxyl groups excluding tert-OH is 1. The monoisotopic (exact) mass is 296 g/mol. The molecule has 0 fully saturated rings. The minimum absolute atomic E-state index is 0.367. The zero-order valence-corrected chi connectivity index (χ0v) is 12.3. The highest BCUT2D eigenvalue weighted by atomic mass is 32.1. The zero-order chi connectivity index (χ0) is 14.5. The average molecular weight is 296 g/mol. The molecule has 0 saturated carbocycles. The topological polar surface area (TPSA) is 57.2 Å². The van der Waals surface area contributed by atoms with Crippen LogP contribution in [0.5, 0.6) is 23.0 Å². The summed E-state index contributed by atoms with van der Waals surface area (Å²) >= 11 is 1.51. The molecule has 0 atom stereocenters. The van der Waals surface area contributed by atoms with E-state index in [0.717, 1.165) is 10.4 Å². The van der Waals surface area contributed by atoms with Crippen LogP contribution >= 0.6 is 11.3 Å². The summed E-state index contributed by atoms with van der Waals surface area (Å²) in [4.78, 5) is 0.887. The van der Waals surface area contributed by atoms with Crippen molar-refractivity contribution in [2.24, 2.45) is 0 Å². The maximum absolute atomic E-state index is 8.91. The molecule has 0 unspecified atom stereocenters. The van der Waals surface area contributed by atoms with Crippen LogP contribution in [0.2, 0.25) is 0 Å². The Bertz CT molecular complexity index is 554. The lowest BCUT2D eigenvalue weighted by Gasteiger charge is -2.14. The van der Waals surface area contributed by atoms with Gasteiger partial charge in [0.25, 0.3) is 0 Å². The summed E-state index contributed by atoms with van der Waals surface area (Å²) in [6, 6.07) is 5.49. The number of methoxy groups -OCH3 is 3. The van der Waals surface area contributed by atoms with Gasteiger partial charge in [-0.1, -0.05) is 0 Å². The van der Waals surface area contributed by atoms with E-state index in [-0.39, 0.29) is 6.79 Å². The number of ether oxygens (including phenoxy) is 4. The molecule has 0 aliphatic rings. The number of hydrogen-bond acceptors (Lipinski definition) is 6. The molecule has 0 aliphatic heterocycles. The van der Waals surface area contributed by atoms with Crippen molar-refractivity contribution in [3.63, 3.8) is 0 Å². The second kappa shape index (κ2) is 6.49. The van der Waals surface area contributed by atoms with Crippen LogP contribution in [0, 0.1) is 0 Å². The molecule has 0 aliphatic carbocycles. The van der Waals surface area contributed by atoms with Gasteiger partial charge in [-0.3, -0.25) is 0 Å². The molecule has 2 aromatic rings. The quantitative estimate of drug-likeness (QED) is 0.831. The number of hydrogen-bond donors (Lipinski definition) is 1. The fourth-order valence-corrected chi connectivity index (χ4v) is 2.73. The summed E-state index contributed by atoms with van der Waals surface area (Å²) in [6.07, 6.45) is 0. The molecular weight excluding hydrogens is 280 g/mol. The van der Waals surface area contributed by atoms with E-state index in [9.17, 15) is 0 Å². The summed E-state index contributed by atoms with van der Waals surface area (Å²) in [7, 11) is 4.70. The molecule has 0 amide bonds. The van der Waals surface area contributed by atoms with Gasteiger partial charge in [0.15, 0.2) is 18.3 Å². The summed E-state index contributed by atoms with van der Waals surface area (Å²) in [6.45, 7) is -0.367. The molecule has 0 saturated heterocycles. The number of rotatable bonds is 6. The molecule has 0 bridgehead atoms. The van der Waals surface area contributed by atoms with Crippen molar-refractivity contribution in [2.45, 2.75) is 0 Å². The fourth-order valence-electron chi connectivity index (χ4n) is 1.90. The highest BCUT2D eigenvalue weighted by Crippen LogP contribution is 2.44. The Balaban J connectivity index is 2.54. The lowest BCUT2D eigenvalue weighted by molar-refractivity contribution is 0.0995. The van der Waals surface area contributed by atoms with Gasteiger partial charge in [-0.2, -0.15) is 0 Å². The Hall–Kier alpha value is -1.92. The zero-order valence-electron chi connectivity index (χ0n) is 11.5. The molecule has 108 valence electrons. The van der Waals surface area contributed by atoms with Crippen molar-refractivity contribution in [1.82, 2.24) is 0 Å². The normalized spacial score (nSPS) is 10.2. The Morgan fingerprint density at radius 2 is 1.65 bits per heavy atom. The summed E-state index contributed by atoms with van der Waals surface area (Å²) in [5.41, 5.74) is 0.873. The van der Waals surface area contributed by atoms with E-state index in [1.54, 1.807) is 27.4 Å². The highest BCUT2D eigenvalue weighted by molar-refractivity contribution is 7.14. The van der Waals surface area contributed by atoms with Crippen LogP contribution in [-0.2, 0) is 0 Å².